The lowest BCUT2D eigenvalue weighted by molar-refractivity contribution is 0.398. The molecule has 5 nitrogen and oxygen atoms in total. The van der Waals surface area contributed by atoms with Crippen molar-refractivity contribution in [2.45, 2.75) is 18.2 Å². The van der Waals surface area contributed by atoms with Gasteiger partial charge in [0.15, 0.2) is 0 Å². The molecule has 0 aliphatic heterocycles. The van der Waals surface area contributed by atoms with E-state index in [4.69, 9.17) is 9.47 Å². The molecule has 2 aromatic rings. The summed E-state index contributed by atoms with van der Waals surface area (Å²) in [7, 11) is -0.335. The largest absolute Gasteiger partial charge is 0.497 e. The quantitative estimate of drug-likeness (QED) is 0.844. The summed E-state index contributed by atoms with van der Waals surface area (Å²) in [4.78, 5) is 0.273. The third kappa shape index (κ3) is 4.46. The van der Waals surface area contributed by atoms with Gasteiger partial charge >= 0.3 is 0 Å². The molecule has 0 amide bonds. The van der Waals surface area contributed by atoms with E-state index in [1.54, 1.807) is 38.5 Å². The minimum atomic E-state index is -3.51. The van der Waals surface area contributed by atoms with E-state index in [1.165, 1.54) is 0 Å². The highest BCUT2D eigenvalue weighted by Crippen LogP contribution is 2.24. The number of benzene rings is 2. The summed E-state index contributed by atoms with van der Waals surface area (Å²) >= 11 is 0. The van der Waals surface area contributed by atoms with Gasteiger partial charge in [-0.2, -0.15) is 0 Å². The molecular formula is C17H21NO4S. The molecule has 0 unspecified atom stereocenters. The Kier molecular flexibility index (Phi) is 5.63. The summed E-state index contributed by atoms with van der Waals surface area (Å²) in [6.45, 7) is 2.14. The van der Waals surface area contributed by atoms with Crippen LogP contribution >= 0.6 is 0 Å². The van der Waals surface area contributed by atoms with Gasteiger partial charge in [0.2, 0.25) is 10.0 Å². The van der Waals surface area contributed by atoms with Gasteiger partial charge in [0.25, 0.3) is 0 Å². The number of nitrogens with one attached hydrogen (secondary N) is 1. The molecular weight excluding hydrogens is 314 g/mol. The van der Waals surface area contributed by atoms with Crippen molar-refractivity contribution in [1.29, 1.82) is 0 Å². The van der Waals surface area contributed by atoms with Crippen LogP contribution in [0.5, 0.6) is 11.5 Å². The van der Waals surface area contributed by atoms with E-state index in [9.17, 15) is 8.42 Å². The molecule has 0 aliphatic rings. The van der Waals surface area contributed by atoms with Crippen molar-refractivity contribution in [3.8, 4) is 11.5 Å². The number of methoxy groups -OCH3 is 2. The minimum absolute atomic E-state index is 0.273. The Balaban J connectivity index is 2.07. The van der Waals surface area contributed by atoms with Gasteiger partial charge in [-0.3, -0.25) is 0 Å². The SMILES string of the molecule is COc1ccc(OC)c(CCNS(=O)(=O)c2cccc(C)c2)c1. The van der Waals surface area contributed by atoms with Crippen molar-refractivity contribution in [2.24, 2.45) is 0 Å². The lowest BCUT2D eigenvalue weighted by Gasteiger charge is -2.11. The number of hydrogen-bond acceptors (Lipinski definition) is 4. The third-order valence-electron chi connectivity index (χ3n) is 3.47. The zero-order valence-electron chi connectivity index (χ0n) is 13.5. The topological polar surface area (TPSA) is 64.6 Å². The van der Waals surface area contributed by atoms with Gasteiger partial charge < -0.3 is 9.47 Å². The second-order valence-corrected chi connectivity index (χ2v) is 6.91. The van der Waals surface area contributed by atoms with E-state index >= 15 is 0 Å². The van der Waals surface area contributed by atoms with Gasteiger partial charge in [0.1, 0.15) is 11.5 Å². The summed E-state index contributed by atoms with van der Waals surface area (Å²) in [5, 5.41) is 0. The number of sulfonamides is 1. The van der Waals surface area contributed by atoms with E-state index in [-0.39, 0.29) is 11.4 Å². The predicted octanol–water partition coefficient (Wildman–Crippen LogP) is 2.53. The minimum Gasteiger partial charge on any atom is -0.497 e. The molecule has 0 heterocycles. The predicted molar refractivity (Wildman–Crippen MR) is 89.6 cm³/mol. The van der Waals surface area contributed by atoms with Crippen LogP contribution in [0, 0.1) is 6.92 Å². The molecule has 23 heavy (non-hydrogen) atoms. The van der Waals surface area contributed by atoms with E-state index in [0.717, 1.165) is 11.1 Å². The van der Waals surface area contributed by atoms with E-state index < -0.39 is 10.0 Å². The highest BCUT2D eigenvalue weighted by atomic mass is 32.2. The standard InChI is InChI=1S/C17H21NO4S/c1-13-5-4-6-16(11-13)23(19,20)18-10-9-14-12-15(21-2)7-8-17(14)22-3/h4-8,11-12,18H,9-10H2,1-3H3. The zero-order valence-corrected chi connectivity index (χ0v) is 14.3. The van der Waals surface area contributed by atoms with E-state index in [1.807, 2.05) is 25.1 Å². The van der Waals surface area contributed by atoms with Gasteiger partial charge in [-0.15, -0.1) is 0 Å². The summed E-state index contributed by atoms with van der Waals surface area (Å²) in [5.41, 5.74) is 1.79. The van der Waals surface area contributed by atoms with Crippen LogP contribution in [0.2, 0.25) is 0 Å². The Morgan fingerprint density at radius 2 is 1.83 bits per heavy atom. The molecule has 0 aliphatic carbocycles. The number of hydrogen-bond donors (Lipinski definition) is 1. The maximum absolute atomic E-state index is 12.3. The van der Waals surface area contributed by atoms with E-state index in [2.05, 4.69) is 4.72 Å². The Bertz CT molecular complexity index is 772. The Hall–Kier alpha value is -2.05. The maximum Gasteiger partial charge on any atom is 0.240 e. The summed E-state index contributed by atoms with van der Waals surface area (Å²) < 4.78 is 37.7. The Labute approximate surface area is 137 Å². The second-order valence-electron chi connectivity index (χ2n) is 5.14. The fourth-order valence-corrected chi connectivity index (χ4v) is 3.40. The van der Waals surface area contributed by atoms with Crippen molar-refractivity contribution >= 4 is 10.0 Å². The van der Waals surface area contributed by atoms with Gasteiger partial charge in [0, 0.05) is 6.54 Å². The van der Waals surface area contributed by atoms with Crippen LogP contribution in [0.15, 0.2) is 47.4 Å². The van der Waals surface area contributed by atoms with Crippen LogP contribution in [0.1, 0.15) is 11.1 Å². The summed E-state index contributed by atoms with van der Waals surface area (Å²) in [5.74, 6) is 1.42. The average Bonchev–Trinajstić information content (AvgIpc) is 2.54. The molecule has 0 spiro atoms. The molecule has 0 saturated heterocycles. The van der Waals surface area contributed by atoms with Crippen LogP contribution in [-0.4, -0.2) is 29.2 Å². The molecule has 2 rings (SSSR count). The zero-order chi connectivity index (χ0) is 16.9. The molecule has 0 atom stereocenters. The molecule has 0 fully saturated rings. The number of aryl methyl sites for hydroxylation is 1. The first-order valence-corrected chi connectivity index (χ1v) is 8.72. The van der Waals surface area contributed by atoms with Crippen molar-refractivity contribution < 1.29 is 17.9 Å². The smallest absolute Gasteiger partial charge is 0.240 e. The number of ether oxygens (including phenoxy) is 2. The van der Waals surface area contributed by atoms with Crippen LogP contribution in [0.25, 0.3) is 0 Å². The van der Waals surface area contributed by atoms with Gasteiger partial charge in [-0.05, 0) is 54.8 Å². The fourth-order valence-electron chi connectivity index (χ4n) is 2.26. The molecule has 1 N–H and O–H groups in total. The van der Waals surface area contributed by atoms with Crippen molar-refractivity contribution in [2.75, 3.05) is 20.8 Å². The molecule has 2 aromatic carbocycles. The first-order chi connectivity index (χ1) is 11.0. The van der Waals surface area contributed by atoms with Gasteiger partial charge in [-0.1, -0.05) is 12.1 Å². The highest BCUT2D eigenvalue weighted by molar-refractivity contribution is 7.89. The molecule has 0 bridgehead atoms. The molecule has 124 valence electrons. The molecule has 0 saturated carbocycles. The normalized spacial score (nSPS) is 11.3. The van der Waals surface area contributed by atoms with Gasteiger partial charge in [0.05, 0.1) is 19.1 Å². The third-order valence-corrected chi connectivity index (χ3v) is 4.93. The second kappa shape index (κ2) is 7.48. The average molecular weight is 335 g/mol. The van der Waals surface area contributed by atoms with E-state index in [0.29, 0.717) is 17.9 Å². The van der Waals surface area contributed by atoms with Crippen molar-refractivity contribution in [3.63, 3.8) is 0 Å². The van der Waals surface area contributed by atoms with Crippen LogP contribution in [0.3, 0.4) is 0 Å². The van der Waals surface area contributed by atoms with Crippen LogP contribution in [0.4, 0.5) is 0 Å². The summed E-state index contributed by atoms with van der Waals surface area (Å²) in [6, 6.07) is 12.3. The molecule has 0 aromatic heterocycles. The lowest BCUT2D eigenvalue weighted by atomic mass is 10.1. The lowest BCUT2D eigenvalue weighted by Crippen LogP contribution is -2.26. The van der Waals surface area contributed by atoms with Crippen LogP contribution < -0.4 is 14.2 Å². The highest BCUT2D eigenvalue weighted by Gasteiger charge is 2.14. The van der Waals surface area contributed by atoms with Crippen molar-refractivity contribution in [3.05, 3.63) is 53.6 Å². The Morgan fingerprint density at radius 3 is 2.48 bits per heavy atom. The van der Waals surface area contributed by atoms with Crippen LogP contribution in [-0.2, 0) is 16.4 Å². The van der Waals surface area contributed by atoms with Gasteiger partial charge in [-0.25, -0.2) is 13.1 Å². The monoisotopic (exact) mass is 335 g/mol. The molecule has 6 heteroatoms. The first kappa shape index (κ1) is 17.3. The molecule has 0 radical (unpaired) electrons. The van der Waals surface area contributed by atoms with Crippen molar-refractivity contribution in [1.82, 2.24) is 4.72 Å². The summed E-state index contributed by atoms with van der Waals surface area (Å²) in [6.07, 6.45) is 0.505. The number of rotatable bonds is 7. The maximum atomic E-state index is 12.3. The Morgan fingerprint density at radius 1 is 1.04 bits per heavy atom. The fraction of sp³-hybridized carbons (Fsp3) is 0.294. The first-order valence-electron chi connectivity index (χ1n) is 7.23.